The second-order valence-corrected chi connectivity index (χ2v) is 4.85. The summed E-state index contributed by atoms with van der Waals surface area (Å²) in [6.45, 7) is 3.19. The lowest BCUT2D eigenvalue weighted by molar-refractivity contribution is -0.147. The van der Waals surface area contributed by atoms with E-state index in [-0.39, 0.29) is 0 Å². The molecule has 0 aromatic carbocycles. The molecule has 1 atom stereocenters. The van der Waals surface area contributed by atoms with Crippen molar-refractivity contribution >= 4 is 23.6 Å². The van der Waals surface area contributed by atoms with E-state index in [1.165, 1.54) is 7.11 Å². The third-order valence-corrected chi connectivity index (χ3v) is 2.92. The van der Waals surface area contributed by atoms with Gasteiger partial charge in [0.25, 0.3) is 5.91 Å². The monoisotopic (exact) mass is 249 g/mol. The number of carbonyl (C=O) groups excluding carboxylic acids is 1. The normalized spacial score (nSPS) is 13.2. The highest BCUT2D eigenvalue weighted by molar-refractivity contribution is 7.98. The van der Waals surface area contributed by atoms with Gasteiger partial charge in [-0.1, -0.05) is 0 Å². The Hall–Kier alpha value is -0.750. The van der Waals surface area contributed by atoms with Gasteiger partial charge in [0.2, 0.25) is 0 Å². The molecule has 6 heteroatoms. The maximum absolute atomic E-state index is 11.7. The molecule has 94 valence electrons. The fourth-order valence-corrected chi connectivity index (χ4v) is 1.39. The summed E-state index contributed by atoms with van der Waals surface area (Å²) in [6.07, 6.45) is 2.29. The van der Waals surface area contributed by atoms with E-state index in [2.05, 4.69) is 5.32 Å². The number of aliphatic carboxylic acids is 1. The summed E-state index contributed by atoms with van der Waals surface area (Å²) in [5.41, 5.74) is -1.01. The van der Waals surface area contributed by atoms with Crippen molar-refractivity contribution in [2.45, 2.75) is 31.9 Å². The molecule has 0 saturated carbocycles. The first-order chi connectivity index (χ1) is 7.35. The molecular weight excluding hydrogens is 230 g/mol. The van der Waals surface area contributed by atoms with Crippen molar-refractivity contribution in [2.75, 3.05) is 19.1 Å². The van der Waals surface area contributed by atoms with Crippen LogP contribution in [0.4, 0.5) is 0 Å². The molecule has 0 aliphatic rings. The van der Waals surface area contributed by atoms with Gasteiger partial charge >= 0.3 is 5.97 Å². The van der Waals surface area contributed by atoms with Crippen molar-refractivity contribution < 1.29 is 19.4 Å². The molecule has 0 spiro atoms. The number of amides is 1. The number of hydrogen-bond donors (Lipinski definition) is 2. The molecule has 2 N–H and O–H groups in total. The summed E-state index contributed by atoms with van der Waals surface area (Å²) >= 11 is 1.54. The van der Waals surface area contributed by atoms with Crippen LogP contribution >= 0.6 is 11.8 Å². The second-order valence-electron chi connectivity index (χ2n) is 3.86. The molecule has 1 amide bonds. The number of hydrogen-bond acceptors (Lipinski definition) is 4. The van der Waals surface area contributed by atoms with E-state index in [0.29, 0.717) is 12.2 Å². The number of ether oxygens (including phenoxy) is 1. The Bertz CT molecular complexity index is 255. The molecule has 0 bridgehead atoms. The van der Waals surface area contributed by atoms with Gasteiger partial charge in [0.15, 0.2) is 0 Å². The first kappa shape index (κ1) is 15.2. The van der Waals surface area contributed by atoms with Crippen LogP contribution in [0.2, 0.25) is 0 Å². The van der Waals surface area contributed by atoms with E-state index in [9.17, 15) is 9.59 Å². The number of methoxy groups -OCH3 is 1. The molecule has 0 saturated heterocycles. The summed E-state index contributed by atoms with van der Waals surface area (Å²) in [5, 5.41) is 11.4. The first-order valence-corrected chi connectivity index (χ1v) is 6.32. The maximum atomic E-state index is 11.7. The van der Waals surface area contributed by atoms with Crippen molar-refractivity contribution in [2.24, 2.45) is 0 Å². The molecule has 16 heavy (non-hydrogen) atoms. The van der Waals surface area contributed by atoms with E-state index in [1.54, 1.807) is 25.6 Å². The van der Waals surface area contributed by atoms with Crippen LogP contribution in [-0.2, 0) is 14.3 Å². The van der Waals surface area contributed by atoms with E-state index in [0.717, 1.165) is 0 Å². The van der Waals surface area contributed by atoms with Crippen molar-refractivity contribution in [1.82, 2.24) is 5.32 Å². The summed E-state index contributed by atoms with van der Waals surface area (Å²) in [7, 11) is 1.41. The zero-order chi connectivity index (χ0) is 12.8. The lowest BCUT2D eigenvalue weighted by atomic mass is 10.1. The van der Waals surface area contributed by atoms with Crippen molar-refractivity contribution in [3.8, 4) is 0 Å². The number of nitrogens with one attached hydrogen (secondary N) is 1. The zero-order valence-electron chi connectivity index (χ0n) is 10.1. The Labute approximate surface area is 99.9 Å². The topological polar surface area (TPSA) is 75.6 Å². The Kier molecular flexibility index (Phi) is 6.43. The lowest BCUT2D eigenvalue weighted by Crippen LogP contribution is -2.50. The standard InChI is InChI=1S/C10H19NO4S/c1-10(2,15-3)9(14)11-7(8(12)13)5-6-16-4/h7H,5-6H2,1-4H3,(H,11,14)(H,12,13)/t7-/m1/s1. The van der Waals surface area contributed by atoms with Crippen LogP contribution in [0.5, 0.6) is 0 Å². The molecule has 0 aromatic heterocycles. The first-order valence-electron chi connectivity index (χ1n) is 4.93. The minimum Gasteiger partial charge on any atom is -0.480 e. The minimum absolute atomic E-state index is 0.405. The van der Waals surface area contributed by atoms with E-state index >= 15 is 0 Å². The van der Waals surface area contributed by atoms with Crippen LogP contribution < -0.4 is 5.32 Å². The molecular formula is C10H19NO4S. The van der Waals surface area contributed by atoms with Crippen LogP contribution in [0, 0.1) is 0 Å². The predicted molar refractivity (Wildman–Crippen MR) is 63.7 cm³/mol. The summed E-state index contributed by atoms with van der Waals surface area (Å²) in [4.78, 5) is 22.6. The SMILES string of the molecule is COC(C)(C)C(=O)N[C@H](CCSC)C(=O)O. The number of rotatable bonds is 7. The van der Waals surface area contributed by atoms with Crippen molar-refractivity contribution in [3.63, 3.8) is 0 Å². The Balaban J connectivity index is 4.40. The van der Waals surface area contributed by atoms with Crippen LogP contribution in [-0.4, -0.2) is 47.7 Å². The van der Waals surface area contributed by atoms with Crippen molar-refractivity contribution in [3.05, 3.63) is 0 Å². The van der Waals surface area contributed by atoms with Gasteiger partial charge < -0.3 is 15.2 Å². The van der Waals surface area contributed by atoms with E-state index in [1.807, 2.05) is 6.26 Å². The fraction of sp³-hybridized carbons (Fsp3) is 0.800. The van der Waals surface area contributed by atoms with Gasteiger partial charge in [0.05, 0.1) is 0 Å². The molecule has 0 rings (SSSR count). The van der Waals surface area contributed by atoms with Gasteiger partial charge in [-0.25, -0.2) is 4.79 Å². The fourth-order valence-electron chi connectivity index (χ4n) is 0.918. The average Bonchev–Trinajstić information content (AvgIpc) is 2.23. The number of carboxylic acids is 1. The predicted octanol–water partition coefficient (Wildman–Crippen LogP) is 0.734. The van der Waals surface area contributed by atoms with Gasteiger partial charge in [-0.05, 0) is 32.3 Å². The molecule has 0 aromatic rings. The Morgan fingerprint density at radius 1 is 1.50 bits per heavy atom. The number of carboxylic acid groups (broad SMARTS) is 1. The van der Waals surface area contributed by atoms with E-state index < -0.39 is 23.5 Å². The molecule has 5 nitrogen and oxygen atoms in total. The molecule has 0 aliphatic heterocycles. The quantitative estimate of drug-likeness (QED) is 0.696. The van der Waals surface area contributed by atoms with Crippen LogP contribution in [0.25, 0.3) is 0 Å². The Morgan fingerprint density at radius 3 is 2.44 bits per heavy atom. The van der Waals surface area contributed by atoms with Crippen LogP contribution in [0.15, 0.2) is 0 Å². The molecule has 0 radical (unpaired) electrons. The highest BCUT2D eigenvalue weighted by Crippen LogP contribution is 2.09. The van der Waals surface area contributed by atoms with Gasteiger partial charge in [0.1, 0.15) is 11.6 Å². The number of carbonyl (C=O) groups is 2. The highest BCUT2D eigenvalue weighted by Gasteiger charge is 2.30. The largest absolute Gasteiger partial charge is 0.480 e. The zero-order valence-corrected chi connectivity index (χ0v) is 10.9. The van der Waals surface area contributed by atoms with Gasteiger partial charge in [-0.15, -0.1) is 0 Å². The summed E-state index contributed by atoms with van der Waals surface area (Å²) in [5.74, 6) is -0.747. The van der Waals surface area contributed by atoms with Gasteiger partial charge in [-0.3, -0.25) is 4.79 Å². The van der Waals surface area contributed by atoms with Crippen molar-refractivity contribution in [1.29, 1.82) is 0 Å². The van der Waals surface area contributed by atoms with Crippen LogP contribution in [0.3, 0.4) is 0 Å². The average molecular weight is 249 g/mol. The minimum atomic E-state index is -1.02. The third-order valence-electron chi connectivity index (χ3n) is 2.27. The number of thioether (sulfide) groups is 1. The molecule has 0 fully saturated rings. The molecule has 0 heterocycles. The summed E-state index contributed by atoms with van der Waals surface area (Å²) in [6, 6.07) is -0.852. The van der Waals surface area contributed by atoms with E-state index in [4.69, 9.17) is 9.84 Å². The van der Waals surface area contributed by atoms with Gasteiger partial charge in [0, 0.05) is 7.11 Å². The summed E-state index contributed by atoms with van der Waals surface area (Å²) < 4.78 is 4.97. The maximum Gasteiger partial charge on any atom is 0.326 e. The highest BCUT2D eigenvalue weighted by atomic mass is 32.2. The Morgan fingerprint density at radius 2 is 2.06 bits per heavy atom. The lowest BCUT2D eigenvalue weighted by Gasteiger charge is -2.24. The smallest absolute Gasteiger partial charge is 0.326 e. The third kappa shape index (κ3) is 4.85. The molecule has 0 aliphatic carbocycles. The van der Waals surface area contributed by atoms with Crippen LogP contribution in [0.1, 0.15) is 20.3 Å². The van der Waals surface area contributed by atoms with Gasteiger partial charge in [-0.2, -0.15) is 11.8 Å². The molecule has 0 unspecified atom stereocenters. The second kappa shape index (κ2) is 6.75.